The van der Waals surface area contributed by atoms with Crippen LogP contribution in [0.5, 0.6) is 11.5 Å². The van der Waals surface area contributed by atoms with Gasteiger partial charge >= 0.3 is 0 Å². The number of rotatable bonds is 8. The number of methoxy groups -OCH3 is 2. The molecule has 3 aromatic carbocycles. The number of carbonyl (C=O) groups is 2. The van der Waals surface area contributed by atoms with Crippen LogP contribution in [0.4, 0.5) is 20.2 Å². The molecule has 1 aliphatic rings. The first-order valence-electron chi connectivity index (χ1n) is 11.5. The molecule has 0 spiro atoms. The highest BCUT2D eigenvalue weighted by atomic mass is 32.2. The Morgan fingerprint density at radius 3 is 2.49 bits per heavy atom. The minimum Gasteiger partial charge on any atom is -0.493 e. The van der Waals surface area contributed by atoms with Crippen LogP contribution < -0.4 is 14.8 Å². The Hall–Kier alpha value is -3.92. The molecule has 1 atom stereocenters. The maximum Gasteiger partial charge on any atom is 0.238 e. The number of anilines is 1. The monoisotopic (exact) mass is 525 g/mol. The number of amidine groups is 1. The van der Waals surface area contributed by atoms with E-state index in [4.69, 9.17) is 9.47 Å². The molecule has 0 bridgehead atoms. The van der Waals surface area contributed by atoms with Crippen molar-refractivity contribution in [2.75, 3.05) is 26.1 Å². The summed E-state index contributed by atoms with van der Waals surface area (Å²) >= 11 is 1.11. The van der Waals surface area contributed by atoms with E-state index in [1.54, 1.807) is 26.4 Å². The van der Waals surface area contributed by atoms with Gasteiger partial charge in [-0.05, 0) is 60.5 Å². The van der Waals surface area contributed by atoms with Crippen molar-refractivity contribution in [3.05, 3.63) is 83.9 Å². The molecule has 7 nitrogen and oxygen atoms in total. The summed E-state index contributed by atoms with van der Waals surface area (Å²) in [5.74, 6) is -0.616. The molecule has 10 heteroatoms. The Bertz CT molecular complexity index is 1320. The quantitative estimate of drug-likeness (QED) is 0.438. The van der Waals surface area contributed by atoms with Gasteiger partial charge in [-0.15, -0.1) is 0 Å². The summed E-state index contributed by atoms with van der Waals surface area (Å²) in [5, 5.41) is 2.04. The first-order chi connectivity index (χ1) is 17.9. The van der Waals surface area contributed by atoms with E-state index in [0.717, 1.165) is 17.3 Å². The normalized spacial score (nSPS) is 16.5. The van der Waals surface area contributed by atoms with Gasteiger partial charge in [-0.2, -0.15) is 0 Å². The van der Waals surface area contributed by atoms with Crippen molar-refractivity contribution < 1.29 is 27.8 Å². The van der Waals surface area contributed by atoms with Crippen LogP contribution in [0.2, 0.25) is 0 Å². The van der Waals surface area contributed by atoms with Crippen molar-refractivity contribution in [2.24, 2.45) is 4.99 Å². The number of ether oxygens (including phenoxy) is 2. The molecule has 1 saturated heterocycles. The fraction of sp³-hybridized carbons (Fsp3) is 0.222. The molecule has 4 rings (SSSR count). The van der Waals surface area contributed by atoms with Crippen LogP contribution >= 0.6 is 11.8 Å². The molecule has 2 amide bonds. The first kappa shape index (κ1) is 26.2. The lowest BCUT2D eigenvalue weighted by molar-refractivity contribution is -0.129. The molecule has 1 fully saturated rings. The number of halogens is 2. The number of thioether (sulfide) groups is 1. The van der Waals surface area contributed by atoms with Gasteiger partial charge in [0.1, 0.15) is 16.9 Å². The predicted molar refractivity (Wildman–Crippen MR) is 139 cm³/mol. The van der Waals surface area contributed by atoms with Crippen LogP contribution in [-0.4, -0.2) is 47.9 Å². The third kappa shape index (κ3) is 6.45. The summed E-state index contributed by atoms with van der Waals surface area (Å²) in [5.41, 5.74) is 1.38. The summed E-state index contributed by atoms with van der Waals surface area (Å²) in [6, 6.07) is 16.8. The molecule has 3 aromatic rings. The molecule has 1 aliphatic heterocycles. The van der Waals surface area contributed by atoms with E-state index >= 15 is 0 Å². The maximum atomic E-state index is 14.0. The minimum atomic E-state index is -0.816. The van der Waals surface area contributed by atoms with E-state index in [9.17, 15) is 18.4 Å². The van der Waals surface area contributed by atoms with Gasteiger partial charge in [-0.3, -0.25) is 14.5 Å². The summed E-state index contributed by atoms with van der Waals surface area (Å²) in [7, 11) is 3.10. The van der Waals surface area contributed by atoms with Gasteiger partial charge in [-0.25, -0.2) is 13.8 Å². The smallest absolute Gasteiger partial charge is 0.238 e. The second-order valence-electron chi connectivity index (χ2n) is 8.14. The molecule has 0 aliphatic carbocycles. The standard InChI is InChI=1S/C27H25F2N3O4S/c1-35-22-12-7-17(15-23(22)36-2)13-14-32-25(33)16-24(26(34)31-21-6-4-3-5-20(21)29)37-27(32)30-19-10-8-18(28)9-11-19/h3-12,15,24H,13-14,16H2,1-2H3,(H,31,34). The topological polar surface area (TPSA) is 80.2 Å². The SMILES string of the molecule is COc1ccc(CCN2C(=O)CC(C(=O)Nc3ccccc3F)SC2=Nc2ccc(F)cc2)cc1OC. The number of nitrogens with zero attached hydrogens (tertiary/aromatic N) is 2. The van der Waals surface area contributed by atoms with Crippen molar-refractivity contribution >= 4 is 40.1 Å². The third-order valence-corrected chi connectivity index (χ3v) is 6.87. The van der Waals surface area contributed by atoms with Gasteiger partial charge in [0.25, 0.3) is 0 Å². The molecule has 0 radical (unpaired) electrons. The van der Waals surface area contributed by atoms with Gasteiger partial charge in [0.05, 0.1) is 25.6 Å². The maximum absolute atomic E-state index is 14.0. The molecule has 0 saturated carbocycles. The second kappa shape index (κ2) is 11.9. The fourth-order valence-electron chi connectivity index (χ4n) is 3.74. The molecule has 1 N–H and O–H groups in total. The van der Waals surface area contributed by atoms with Crippen LogP contribution in [-0.2, 0) is 16.0 Å². The van der Waals surface area contributed by atoms with Crippen LogP contribution in [0.15, 0.2) is 71.7 Å². The summed E-state index contributed by atoms with van der Waals surface area (Å²) in [6.45, 7) is 0.295. The van der Waals surface area contributed by atoms with E-state index in [2.05, 4.69) is 10.3 Å². The van der Waals surface area contributed by atoms with Crippen molar-refractivity contribution in [3.63, 3.8) is 0 Å². The number of aliphatic imine (C=N–C) groups is 1. The highest BCUT2D eigenvalue weighted by Gasteiger charge is 2.36. The van der Waals surface area contributed by atoms with E-state index in [1.165, 1.54) is 47.4 Å². The average Bonchev–Trinajstić information content (AvgIpc) is 2.90. The van der Waals surface area contributed by atoms with Crippen molar-refractivity contribution in [3.8, 4) is 11.5 Å². The van der Waals surface area contributed by atoms with Crippen LogP contribution in [0, 0.1) is 11.6 Å². The Kier molecular flexibility index (Phi) is 8.39. The summed E-state index contributed by atoms with van der Waals surface area (Å²) in [6.07, 6.45) is 0.403. The van der Waals surface area contributed by atoms with E-state index < -0.39 is 22.8 Å². The molecule has 1 heterocycles. The lowest BCUT2D eigenvalue weighted by Crippen LogP contribution is -2.46. The van der Waals surface area contributed by atoms with Gasteiger partial charge in [0, 0.05) is 13.0 Å². The molecule has 0 aromatic heterocycles. The number of amides is 2. The Balaban J connectivity index is 1.56. The Morgan fingerprint density at radius 2 is 1.78 bits per heavy atom. The van der Waals surface area contributed by atoms with Crippen LogP contribution in [0.1, 0.15) is 12.0 Å². The first-order valence-corrected chi connectivity index (χ1v) is 12.3. The zero-order valence-corrected chi connectivity index (χ0v) is 21.1. The zero-order valence-electron chi connectivity index (χ0n) is 20.2. The average molecular weight is 526 g/mol. The van der Waals surface area contributed by atoms with Gasteiger partial charge < -0.3 is 14.8 Å². The Labute approximate surface area is 217 Å². The predicted octanol–water partition coefficient (Wildman–Crippen LogP) is 5.19. The van der Waals surface area contributed by atoms with Gasteiger partial charge in [0.15, 0.2) is 16.7 Å². The van der Waals surface area contributed by atoms with E-state index in [1.807, 2.05) is 12.1 Å². The molecule has 1 unspecified atom stereocenters. The fourth-order valence-corrected chi connectivity index (χ4v) is 4.86. The highest BCUT2D eigenvalue weighted by Crippen LogP contribution is 2.32. The van der Waals surface area contributed by atoms with Gasteiger partial charge in [0.2, 0.25) is 11.8 Å². The van der Waals surface area contributed by atoms with E-state index in [0.29, 0.717) is 35.3 Å². The summed E-state index contributed by atoms with van der Waals surface area (Å²) < 4.78 is 38.1. The number of para-hydroxylation sites is 1. The second-order valence-corrected chi connectivity index (χ2v) is 9.31. The lowest BCUT2D eigenvalue weighted by Gasteiger charge is -2.32. The van der Waals surface area contributed by atoms with Crippen LogP contribution in [0.25, 0.3) is 0 Å². The number of carbonyl (C=O) groups excluding carboxylic acids is 2. The van der Waals surface area contributed by atoms with Crippen LogP contribution in [0.3, 0.4) is 0 Å². The minimum absolute atomic E-state index is 0.0356. The van der Waals surface area contributed by atoms with Crippen molar-refractivity contribution in [2.45, 2.75) is 18.1 Å². The number of hydrogen-bond acceptors (Lipinski definition) is 6. The largest absolute Gasteiger partial charge is 0.493 e. The summed E-state index contributed by atoms with van der Waals surface area (Å²) in [4.78, 5) is 32.2. The number of nitrogens with one attached hydrogen (secondary N) is 1. The molecule has 37 heavy (non-hydrogen) atoms. The van der Waals surface area contributed by atoms with E-state index in [-0.39, 0.29) is 18.0 Å². The van der Waals surface area contributed by atoms with Gasteiger partial charge in [-0.1, -0.05) is 30.0 Å². The van der Waals surface area contributed by atoms with Crippen molar-refractivity contribution in [1.82, 2.24) is 4.90 Å². The molecular weight excluding hydrogens is 500 g/mol. The lowest BCUT2D eigenvalue weighted by atomic mass is 10.1. The molecular formula is C27H25F2N3O4S. The number of benzene rings is 3. The highest BCUT2D eigenvalue weighted by molar-refractivity contribution is 8.15. The molecule has 192 valence electrons. The zero-order chi connectivity index (χ0) is 26.4. The van der Waals surface area contributed by atoms with Crippen molar-refractivity contribution in [1.29, 1.82) is 0 Å². The Morgan fingerprint density at radius 1 is 1.05 bits per heavy atom. The third-order valence-electron chi connectivity index (χ3n) is 5.69. The number of hydrogen-bond donors (Lipinski definition) is 1.